The van der Waals surface area contributed by atoms with E-state index in [2.05, 4.69) is 17.6 Å². The zero-order chi connectivity index (χ0) is 15.7. The van der Waals surface area contributed by atoms with Crippen LogP contribution >= 0.6 is 0 Å². The molecule has 1 aliphatic rings. The summed E-state index contributed by atoms with van der Waals surface area (Å²) in [6.07, 6.45) is 3.03. The second-order valence-electron chi connectivity index (χ2n) is 5.84. The van der Waals surface area contributed by atoms with Crippen molar-refractivity contribution >= 4 is 5.91 Å². The number of nitrogens with one attached hydrogen (secondary N) is 2. The third kappa shape index (κ3) is 7.16. The number of unbranched alkanes of at least 4 members (excludes halogenated alkanes) is 5. The maximum Gasteiger partial charge on any atom is 0.393 e. The van der Waals surface area contributed by atoms with E-state index in [0.29, 0.717) is 6.54 Å². The molecular weight excluding hydrogens is 281 g/mol. The van der Waals surface area contributed by atoms with Crippen LogP contribution in [0.1, 0.15) is 58.3 Å². The molecule has 1 saturated heterocycles. The van der Waals surface area contributed by atoms with Crippen LogP contribution in [0.25, 0.3) is 0 Å². The van der Waals surface area contributed by atoms with E-state index in [4.69, 9.17) is 0 Å². The first-order chi connectivity index (χ1) is 9.95. The molecule has 21 heavy (non-hydrogen) atoms. The van der Waals surface area contributed by atoms with Gasteiger partial charge in [0.2, 0.25) is 5.91 Å². The summed E-state index contributed by atoms with van der Waals surface area (Å²) in [6, 6.07) is -0.469. The van der Waals surface area contributed by atoms with Gasteiger partial charge >= 0.3 is 6.18 Å². The van der Waals surface area contributed by atoms with Crippen LogP contribution < -0.4 is 10.6 Å². The van der Waals surface area contributed by atoms with Gasteiger partial charge in [-0.3, -0.25) is 4.79 Å². The number of halogens is 3. The van der Waals surface area contributed by atoms with Crippen molar-refractivity contribution < 1.29 is 18.0 Å². The number of alkyl halides is 3. The van der Waals surface area contributed by atoms with Crippen LogP contribution in [0.5, 0.6) is 0 Å². The van der Waals surface area contributed by atoms with Crippen LogP contribution in [0.2, 0.25) is 0 Å². The third-order valence-electron chi connectivity index (χ3n) is 4.02. The largest absolute Gasteiger partial charge is 0.393 e. The molecule has 0 aromatic carbocycles. The lowest BCUT2D eigenvalue weighted by molar-refractivity contribution is -0.180. The predicted octanol–water partition coefficient (Wildman–Crippen LogP) is 3.39. The van der Waals surface area contributed by atoms with Crippen molar-refractivity contribution in [1.29, 1.82) is 0 Å². The van der Waals surface area contributed by atoms with Gasteiger partial charge in [0.1, 0.15) is 0 Å². The van der Waals surface area contributed by atoms with E-state index in [1.54, 1.807) is 0 Å². The highest BCUT2D eigenvalue weighted by Crippen LogP contribution is 2.31. The fourth-order valence-electron chi connectivity index (χ4n) is 2.60. The van der Waals surface area contributed by atoms with Crippen molar-refractivity contribution in [2.75, 3.05) is 13.1 Å². The molecule has 1 heterocycles. The summed E-state index contributed by atoms with van der Waals surface area (Å²) in [5.74, 6) is -1.48. The second-order valence-corrected chi connectivity index (χ2v) is 5.84. The molecule has 0 saturated carbocycles. The number of carbonyl (C=O) groups is 1. The maximum atomic E-state index is 12.5. The van der Waals surface area contributed by atoms with Crippen LogP contribution in [0.3, 0.4) is 0 Å². The van der Waals surface area contributed by atoms with Crippen LogP contribution in [0.15, 0.2) is 0 Å². The molecule has 0 aromatic heterocycles. The van der Waals surface area contributed by atoms with Gasteiger partial charge in [0.25, 0.3) is 0 Å². The summed E-state index contributed by atoms with van der Waals surface area (Å²) >= 11 is 0. The molecule has 0 radical (unpaired) electrons. The van der Waals surface area contributed by atoms with Gasteiger partial charge in [0.15, 0.2) is 0 Å². The maximum absolute atomic E-state index is 12.5. The van der Waals surface area contributed by atoms with E-state index in [9.17, 15) is 18.0 Å². The Morgan fingerprint density at radius 2 is 1.81 bits per heavy atom. The Balaban J connectivity index is 2.09. The Hall–Kier alpha value is -0.780. The number of carbonyl (C=O) groups excluding carboxylic acids is 1. The molecule has 3 nitrogen and oxygen atoms in total. The minimum absolute atomic E-state index is 0.0333. The van der Waals surface area contributed by atoms with Crippen molar-refractivity contribution in [3.05, 3.63) is 0 Å². The highest BCUT2D eigenvalue weighted by Gasteiger charge is 2.42. The fraction of sp³-hybridized carbons (Fsp3) is 0.933. The lowest BCUT2D eigenvalue weighted by Gasteiger charge is -2.30. The second kappa shape index (κ2) is 9.28. The van der Waals surface area contributed by atoms with Gasteiger partial charge in [-0.15, -0.1) is 0 Å². The molecule has 6 heteroatoms. The van der Waals surface area contributed by atoms with Gasteiger partial charge < -0.3 is 10.6 Å². The molecule has 0 spiro atoms. The van der Waals surface area contributed by atoms with E-state index in [1.807, 2.05) is 0 Å². The number of rotatable bonds is 8. The summed E-state index contributed by atoms with van der Waals surface area (Å²) in [5.41, 5.74) is 0. The number of amides is 1. The number of hydrogen-bond acceptors (Lipinski definition) is 2. The Morgan fingerprint density at radius 1 is 1.14 bits per heavy atom. The minimum Gasteiger partial charge on any atom is -0.355 e. The molecule has 1 rings (SSSR count). The molecule has 1 amide bonds. The Labute approximate surface area is 125 Å². The van der Waals surface area contributed by atoms with Crippen LogP contribution in [0.4, 0.5) is 13.2 Å². The van der Waals surface area contributed by atoms with E-state index in [1.165, 1.54) is 25.7 Å². The molecule has 2 N–H and O–H groups in total. The van der Waals surface area contributed by atoms with Crippen molar-refractivity contribution in [1.82, 2.24) is 10.6 Å². The topological polar surface area (TPSA) is 41.1 Å². The lowest BCUT2D eigenvalue weighted by atomic mass is 9.94. The Kier molecular flexibility index (Phi) is 8.07. The summed E-state index contributed by atoms with van der Waals surface area (Å²) in [5, 5.41) is 5.53. The van der Waals surface area contributed by atoms with Gasteiger partial charge in [0, 0.05) is 13.1 Å². The zero-order valence-electron chi connectivity index (χ0n) is 12.8. The molecule has 2 atom stereocenters. The molecule has 2 unspecified atom stereocenters. The number of piperidine rings is 1. The summed E-state index contributed by atoms with van der Waals surface area (Å²) in [6.45, 7) is 2.63. The average molecular weight is 308 g/mol. The van der Waals surface area contributed by atoms with E-state index >= 15 is 0 Å². The Morgan fingerprint density at radius 3 is 2.38 bits per heavy atom. The van der Waals surface area contributed by atoms with Crippen molar-refractivity contribution in [2.24, 2.45) is 5.92 Å². The van der Waals surface area contributed by atoms with Crippen LogP contribution in [0, 0.1) is 5.92 Å². The van der Waals surface area contributed by atoms with E-state index < -0.39 is 18.1 Å². The van der Waals surface area contributed by atoms with Crippen LogP contribution in [-0.2, 0) is 4.79 Å². The van der Waals surface area contributed by atoms with Gasteiger partial charge in [0.05, 0.1) is 12.0 Å². The number of hydrogen-bond donors (Lipinski definition) is 2. The van der Waals surface area contributed by atoms with Crippen molar-refractivity contribution in [3.63, 3.8) is 0 Å². The van der Waals surface area contributed by atoms with Gasteiger partial charge in [-0.05, 0) is 19.3 Å². The van der Waals surface area contributed by atoms with Gasteiger partial charge in [-0.1, -0.05) is 39.0 Å². The molecule has 124 valence electrons. The highest BCUT2D eigenvalue weighted by atomic mass is 19.4. The first-order valence-electron chi connectivity index (χ1n) is 8.03. The smallest absolute Gasteiger partial charge is 0.355 e. The average Bonchev–Trinajstić information content (AvgIpc) is 2.45. The highest BCUT2D eigenvalue weighted by molar-refractivity contribution is 5.81. The summed E-state index contributed by atoms with van der Waals surface area (Å²) < 4.78 is 37.5. The summed E-state index contributed by atoms with van der Waals surface area (Å²) in [4.78, 5) is 11.8. The molecule has 0 aromatic rings. The summed E-state index contributed by atoms with van der Waals surface area (Å²) in [7, 11) is 0. The molecular formula is C15H27F3N2O. The molecule has 0 bridgehead atoms. The quantitative estimate of drug-likeness (QED) is 0.675. The predicted molar refractivity (Wildman–Crippen MR) is 77.0 cm³/mol. The van der Waals surface area contributed by atoms with Crippen LogP contribution in [-0.4, -0.2) is 31.2 Å². The van der Waals surface area contributed by atoms with Crippen molar-refractivity contribution in [3.8, 4) is 0 Å². The standard InChI is InChI=1S/C15H27F3N2O/c1-2-3-4-5-6-7-10-19-14(21)13-9-8-12(11-20-13)15(16,17)18/h12-13,20H,2-11H2,1H3,(H,19,21). The van der Waals surface area contributed by atoms with E-state index in [-0.39, 0.29) is 25.3 Å². The first-order valence-corrected chi connectivity index (χ1v) is 8.03. The lowest BCUT2D eigenvalue weighted by Crippen LogP contribution is -2.51. The molecule has 1 fully saturated rings. The zero-order valence-corrected chi connectivity index (χ0v) is 12.8. The molecule has 1 aliphatic heterocycles. The van der Waals surface area contributed by atoms with Gasteiger partial charge in [-0.25, -0.2) is 0 Å². The van der Waals surface area contributed by atoms with Gasteiger partial charge in [-0.2, -0.15) is 13.2 Å². The SMILES string of the molecule is CCCCCCCCNC(=O)C1CCC(C(F)(F)F)CN1. The normalized spacial score (nSPS) is 23.0. The monoisotopic (exact) mass is 308 g/mol. The van der Waals surface area contributed by atoms with E-state index in [0.717, 1.165) is 12.8 Å². The fourth-order valence-corrected chi connectivity index (χ4v) is 2.60. The first kappa shape index (κ1) is 18.3. The molecule has 0 aliphatic carbocycles. The Bertz CT molecular complexity index is 300. The minimum atomic E-state index is -4.16. The third-order valence-corrected chi connectivity index (χ3v) is 4.02. The van der Waals surface area contributed by atoms with Crippen molar-refractivity contribution in [2.45, 2.75) is 70.5 Å².